The summed E-state index contributed by atoms with van der Waals surface area (Å²) < 4.78 is 32.6. The van der Waals surface area contributed by atoms with Gasteiger partial charge in [0.15, 0.2) is 5.96 Å². The molecule has 1 unspecified atom stereocenters. The van der Waals surface area contributed by atoms with E-state index < -0.39 is 10.0 Å². The first-order valence-electron chi connectivity index (χ1n) is 9.46. The molecule has 7 nitrogen and oxygen atoms in total. The molecule has 0 bridgehead atoms. The van der Waals surface area contributed by atoms with Gasteiger partial charge in [-0.15, -0.1) is 0 Å². The third-order valence-electron chi connectivity index (χ3n) is 4.70. The van der Waals surface area contributed by atoms with Crippen molar-refractivity contribution in [3.05, 3.63) is 35.4 Å². The van der Waals surface area contributed by atoms with Crippen LogP contribution >= 0.6 is 0 Å². The van der Waals surface area contributed by atoms with Gasteiger partial charge in [-0.1, -0.05) is 24.3 Å². The van der Waals surface area contributed by atoms with Crippen LogP contribution in [0.25, 0.3) is 0 Å². The van der Waals surface area contributed by atoms with Crippen molar-refractivity contribution >= 4 is 16.0 Å². The molecule has 1 atom stereocenters. The molecular weight excluding hydrogens is 364 g/mol. The highest BCUT2D eigenvalue weighted by Gasteiger charge is 2.18. The lowest BCUT2D eigenvalue weighted by molar-refractivity contribution is 0.0200. The largest absolute Gasteiger partial charge is 0.377 e. The molecule has 8 heteroatoms. The fourth-order valence-electron chi connectivity index (χ4n) is 3.06. The van der Waals surface area contributed by atoms with Gasteiger partial charge in [0.1, 0.15) is 0 Å². The minimum atomic E-state index is -3.34. The highest BCUT2D eigenvalue weighted by atomic mass is 32.2. The monoisotopic (exact) mass is 396 g/mol. The van der Waals surface area contributed by atoms with Crippen LogP contribution < -0.4 is 10.0 Å². The van der Waals surface area contributed by atoms with Gasteiger partial charge in [0.05, 0.1) is 11.9 Å². The number of hydrogen-bond donors (Lipinski definition) is 2. The van der Waals surface area contributed by atoms with Crippen LogP contribution in [0.2, 0.25) is 0 Å². The molecule has 0 amide bonds. The Morgan fingerprint density at radius 1 is 1.33 bits per heavy atom. The van der Waals surface area contributed by atoms with E-state index in [-0.39, 0.29) is 11.9 Å². The Balaban J connectivity index is 1.76. The number of aliphatic imine (C=N–C) groups is 1. The molecule has 0 aliphatic carbocycles. The maximum atomic E-state index is 12.2. The first-order valence-corrected chi connectivity index (χ1v) is 11.1. The Bertz CT molecular complexity index is 715. The molecule has 0 radical (unpaired) electrons. The van der Waals surface area contributed by atoms with Crippen molar-refractivity contribution in [3.8, 4) is 0 Å². The van der Waals surface area contributed by atoms with E-state index in [9.17, 15) is 8.42 Å². The van der Waals surface area contributed by atoms with E-state index in [1.165, 1.54) is 11.1 Å². The number of nitrogens with zero attached hydrogens (tertiary/aromatic N) is 2. The Labute approximate surface area is 163 Å². The van der Waals surface area contributed by atoms with E-state index in [4.69, 9.17) is 4.74 Å². The average molecular weight is 397 g/mol. The Hall–Kier alpha value is -1.64. The van der Waals surface area contributed by atoms with Gasteiger partial charge in [0.25, 0.3) is 0 Å². The van der Waals surface area contributed by atoms with Crippen LogP contribution in [0.5, 0.6) is 0 Å². The lowest BCUT2D eigenvalue weighted by Crippen LogP contribution is -2.43. The van der Waals surface area contributed by atoms with Crippen LogP contribution in [0.4, 0.5) is 0 Å². The summed E-state index contributed by atoms with van der Waals surface area (Å²) in [5.41, 5.74) is 2.43. The summed E-state index contributed by atoms with van der Waals surface area (Å²) in [6.07, 6.45) is 3.06. The van der Waals surface area contributed by atoms with Gasteiger partial charge in [-0.25, -0.2) is 13.1 Å². The molecule has 1 aliphatic rings. The first kappa shape index (κ1) is 21.7. The zero-order valence-corrected chi connectivity index (χ0v) is 17.4. The van der Waals surface area contributed by atoms with E-state index in [2.05, 4.69) is 34.1 Å². The van der Waals surface area contributed by atoms with Crippen LogP contribution in [0, 0.1) is 6.92 Å². The van der Waals surface area contributed by atoms with Gasteiger partial charge in [-0.3, -0.25) is 4.99 Å². The number of rotatable bonds is 8. The van der Waals surface area contributed by atoms with Crippen molar-refractivity contribution in [2.45, 2.75) is 38.8 Å². The summed E-state index contributed by atoms with van der Waals surface area (Å²) in [4.78, 5) is 6.23. The van der Waals surface area contributed by atoms with E-state index in [1.54, 1.807) is 7.05 Å². The standard InChI is InChI=1S/C19H32N4O3S/c1-16-8-4-5-9-17(16)15-23(3)19(20-2)21-11-13-27(24,25)22-14-18-10-6-7-12-26-18/h4-5,8-9,18,22H,6-7,10-15H2,1-3H3,(H,20,21). The number of hydrogen-bond acceptors (Lipinski definition) is 4. The van der Waals surface area contributed by atoms with Crippen LogP contribution in [0.1, 0.15) is 30.4 Å². The molecule has 2 rings (SSSR count). The highest BCUT2D eigenvalue weighted by molar-refractivity contribution is 7.89. The smallest absolute Gasteiger partial charge is 0.213 e. The van der Waals surface area contributed by atoms with E-state index >= 15 is 0 Å². The third kappa shape index (κ3) is 7.48. The van der Waals surface area contributed by atoms with Gasteiger partial charge in [0.2, 0.25) is 10.0 Å². The molecule has 0 saturated carbocycles. The fourth-order valence-corrected chi connectivity index (χ4v) is 4.02. The summed E-state index contributed by atoms with van der Waals surface area (Å²) in [5.74, 6) is 0.667. The molecule has 152 valence electrons. The summed E-state index contributed by atoms with van der Waals surface area (Å²) in [7, 11) is 0.296. The molecule has 1 aromatic rings. The summed E-state index contributed by atoms with van der Waals surface area (Å²) in [6.45, 7) is 4.15. The quantitative estimate of drug-likeness (QED) is 0.514. The van der Waals surface area contributed by atoms with Crippen molar-refractivity contribution in [2.75, 3.05) is 39.5 Å². The van der Waals surface area contributed by atoms with Gasteiger partial charge >= 0.3 is 0 Å². The van der Waals surface area contributed by atoms with Crippen molar-refractivity contribution in [1.82, 2.24) is 14.9 Å². The number of guanidine groups is 1. The van der Waals surface area contributed by atoms with Crippen molar-refractivity contribution in [2.24, 2.45) is 4.99 Å². The van der Waals surface area contributed by atoms with Gasteiger partial charge in [-0.05, 0) is 37.3 Å². The second-order valence-electron chi connectivity index (χ2n) is 6.91. The molecular formula is C19H32N4O3S. The zero-order chi connectivity index (χ0) is 19.7. The number of benzene rings is 1. The number of sulfonamides is 1. The molecule has 1 aliphatic heterocycles. The maximum Gasteiger partial charge on any atom is 0.213 e. The fraction of sp³-hybridized carbons (Fsp3) is 0.632. The van der Waals surface area contributed by atoms with Crippen molar-refractivity contribution in [1.29, 1.82) is 0 Å². The van der Waals surface area contributed by atoms with Crippen molar-refractivity contribution < 1.29 is 13.2 Å². The van der Waals surface area contributed by atoms with Gasteiger partial charge in [0, 0.05) is 40.3 Å². The van der Waals surface area contributed by atoms with Gasteiger partial charge < -0.3 is 15.0 Å². The number of aryl methyl sites for hydroxylation is 1. The maximum absolute atomic E-state index is 12.2. The third-order valence-corrected chi connectivity index (χ3v) is 6.05. The SMILES string of the molecule is CN=C(NCCS(=O)(=O)NCC1CCCCO1)N(C)Cc1ccccc1C. The van der Waals surface area contributed by atoms with E-state index in [1.807, 2.05) is 24.1 Å². The zero-order valence-electron chi connectivity index (χ0n) is 16.6. The van der Waals surface area contributed by atoms with E-state index in [0.29, 0.717) is 25.6 Å². The summed E-state index contributed by atoms with van der Waals surface area (Å²) in [5, 5.41) is 3.13. The minimum absolute atomic E-state index is 0.00303. The summed E-state index contributed by atoms with van der Waals surface area (Å²) in [6, 6.07) is 8.19. The Kier molecular flexibility index (Phi) is 8.53. The van der Waals surface area contributed by atoms with Crippen LogP contribution in [0.15, 0.2) is 29.3 Å². The Morgan fingerprint density at radius 2 is 2.11 bits per heavy atom. The van der Waals surface area contributed by atoms with Crippen LogP contribution in [0.3, 0.4) is 0 Å². The lowest BCUT2D eigenvalue weighted by atomic mass is 10.1. The highest BCUT2D eigenvalue weighted by Crippen LogP contribution is 2.12. The Morgan fingerprint density at radius 3 is 2.78 bits per heavy atom. The molecule has 0 spiro atoms. The normalized spacial score (nSPS) is 18.3. The molecule has 1 saturated heterocycles. The topological polar surface area (TPSA) is 83.0 Å². The second-order valence-corrected chi connectivity index (χ2v) is 8.84. The molecule has 0 aromatic heterocycles. The number of nitrogens with one attached hydrogen (secondary N) is 2. The average Bonchev–Trinajstić information content (AvgIpc) is 2.66. The first-order chi connectivity index (χ1) is 12.9. The molecule has 1 fully saturated rings. The molecule has 27 heavy (non-hydrogen) atoms. The lowest BCUT2D eigenvalue weighted by Gasteiger charge is -2.24. The van der Waals surface area contributed by atoms with Crippen LogP contribution in [-0.2, 0) is 21.3 Å². The van der Waals surface area contributed by atoms with E-state index in [0.717, 1.165) is 25.9 Å². The molecule has 2 N–H and O–H groups in total. The van der Waals surface area contributed by atoms with Gasteiger partial charge in [-0.2, -0.15) is 0 Å². The van der Waals surface area contributed by atoms with Crippen molar-refractivity contribution in [3.63, 3.8) is 0 Å². The predicted octanol–water partition coefficient (Wildman–Crippen LogP) is 1.49. The molecule has 1 aromatic carbocycles. The second kappa shape index (κ2) is 10.6. The molecule has 1 heterocycles. The van der Waals surface area contributed by atoms with Crippen LogP contribution in [-0.4, -0.2) is 64.9 Å². The minimum Gasteiger partial charge on any atom is -0.377 e. The summed E-state index contributed by atoms with van der Waals surface area (Å²) >= 11 is 0. The predicted molar refractivity (Wildman–Crippen MR) is 109 cm³/mol. The number of ether oxygens (including phenoxy) is 1.